The highest BCUT2D eigenvalue weighted by molar-refractivity contribution is 4.96. The van der Waals surface area contributed by atoms with E-state index in [1.165, 1.54) is 0 Å². The van der Waals surface area contributed by atoms with E-state index in [1.807, 2.05) is 26.0 Å². The van der Waals surface area contributed by atoms with E-state index in [-0.39, 0.29) is 25.0 Å². The van der Waals surface area contributed by atoms with E-state index in [1.54, 1.807) is 0 Å². The zero-order valence-electron chi connectivity index (χ0n) is 10.1. The van der Waals surface area contributed by atoms with Crippen molar-refractivity contribution in [2.75, 3.05) is 13.2 Å². The maximum Gasteiger partial charge on any atom is 0.0833 e. The molecular weight excluding hydrogens is 208 g/mol. The van der Waals surface area contributed by atoms with Gasteiger partial charge in [0.1, 0.15) is 0 Å². The van der Waals surface area contributed by atoms with Crippen molar-refractivity contribution in [3.8, 4) is 0 Å². The minimum atomic E-state index is -0.759. The van der Waals surface area contributed by atoms with Gasteiger partial charge in [0.05, 0.1) is 25.4 Å². The Hall–Kier alpha value is -0.420. The molecule has 4 nitrogen and oxygen atoms in total. The second-order valence-electron chi connectivity index (χ2n) is 4.03. The molecular formula is C12H24O4. The molecule has 4 atom stereocenters. The first kappa shape index (κ1) is 15.6. The number of aliphatic hydroxyl groups is 4. The molecule has 0 aromatic rings. The SMILES string of the molecule is CCC(C=CC(CC)C(O)CO)C(O)CO. The molecule has 0 spiro atoms. The van der Waals surface area contributed by atoms with Gasteiger partial charge in [-0.05, 0) is 12.8 Å². The molecule has 0 amide bonds. The van der Waals surface area contributed by atoms with E-state index < -0.39 is 12.2 Å². The van der Waals surface area contributed by atoms with Crippen molar-refractivity contribution in [2.24, 2.45) is 11.8 Å². The third kappa shape index (κ3) is 5.07. The summed E-state index contributed by atoms with van der Waals surface area (Å²) in [6, 6.07) is 0. The van der Waals surface area contributed by atoms with Crippen LogP contribution in [0.2, 0.25) is 0 Å². The summed E-state index contributed by atoms with van der Waals surface area (Å²) in [5.41, 5.74) is 0. The predicted octanol–water partition coefficient (Wildman–Crippen LogP) is 0.301. The van der Waals surface area contributed by atoms with Gasteiger partial charge in [0.2, 0.25) is 0 Å². The van der Waals surface area contributed by atoms with Gasteiger partial charge in [-0.15, -0.1) is 0 Å². The average Bonchev–Trinajstić information content (AvgIpc) is 2.33. The van der Waals surface area contributed by atoms with Gasteiger partial charge in [0.25, 0.3) is 0 Å². The Morgan fingerprint density at radius 1 is 0.812 bits per heavy atom. The normalized spacial score (nSPS) is 19.6. The Kier molecular flexibility index (Phi) is 8.47. The first-order chi connectivity index (χ1) is 7.60. The minimum absolute atomic E-state index is 0.107. The Morgan fingerprint density at radius 3 is 1.31 bits per heavy atom. The van der Waals surface area contributed by atoms with Gasteiger partial charge >= 0.3 is 0 Å². The molecule has 0 fully saturated rings. The molecule has 0 bridgehead atoms. The standard InChI is InChI=1S/C12H24O4/c1-3-9(11(15)7-13)5-6-10(4-2)12(16)8-14/h5-6,9-16H,3-4,7-8H2,1-2H3. The number of hydrogen-bond acceptors (Lipinski definition) is 4. The van der Waals surface area contributed by atoms with Crippen LogP contribution < -0.4 is 0 Å². The van der Waals surface area contributed by atoms with Crippen LogP contribution in [0.5, 0.6) is 0 Å². The lowest BCUT2D eigenvalue weighted by atomic mass is 9.94. The van der Waals surface area contributed by atoms with Gasteiger partial charge in [-0.25, -0.2) is 0 Å². The van der Waals surface area contributed by atoms with E-state index in [2.05, 4.69) is 0 Å². The Balaban J connectivity index is 4.39. The highest BCUT2D eigenvalue weighted by atomic mass is 16.3. The Bertz CT molecular complexity index is 173. The monoisotopic (exact) mass is 232 g/mol. The third-order valence-corrected chi connectivity index (χ3v) is 2.91. The van der Waals surface area contributed by atoms with Gasteiger partial charge in [0.15, 0.2) is 0 Å². The van der Waals surface area contributed by atoms with Crippen LogP contribution in [0.1, 0.15) is 26.7 Å². The average molecular weight is 232 g/mol. The van der Waals surface area contributed by atoms with Crippen molar-refractivity contribution in [1.82, 2.24) is 0 Å². The van der Waals surface area contributed by atoms with Gasteiger partial charge in [0, 0.05) is 11.8 Å². The second-order valence-corrected chi connectivity index (χ2v) is 4.03. The van der Waals surface area contributed by atoms with E-state index in [4.69, 9.17) is 10.2 Å². The summed E-state index contributed by atoms with van der Waals surface area (Å²) in [6.45, 7) is 3.33. The third-order valence-electron chi connectivity index (χ3n) is 2.91. The fourth-order valence-electron chi connectivity index (χ4n) is 1.63. The molecule has 0 radical (unpaired) electrons. The van der Waals surface area contributed by atoms with Crippen molar-refractivity contribution in [1.29, 1.82) is 0 Å². The fraction of sp³-hybridized carbons (Fsp3) is 0.833. The first-order valence-electron chi connectivity index (χ1n) is 5.86. The van der Waals surface area contributed by atoms with Crippen molar-refractivity contribution in [3.63, 3.8) is 0 Å². The van der Waals surface area contributed by atoms with Gasteiger partial charge in [-0.1, -0.05) is 26.0 Å². The van der Waals surface area contributed by atoms with Crippen LogP contribution in [0.3, 0.4) is 0 Å². The highest BCUT2D eigenvalue weighted by Crippen LogP contribution is 2.16. The van der Waals surface area contributed by atoms with E-state index in [9.17, 15) is 10.2 Å². The molecule has 0 heterocycles. The summed E-state index contributed by atoms with van der Waals surface area (Å²) in [5.74, 6) is -0.213. The summed E-state index contributed by atoms with van der Waals surface area (Å²) in [7, 11) is 0. The molecule has 0 saturated carbocycles. The number of aliphatic hydroxyl groups excluding tert-OH is 4. The quantitative estimate of drug-likeness (QED) is 0.454. The Labute approximate surface area is 97.2 Å². The van der Waals surface area contributed by atoms with Crippen molar-refractivity contribution in [2.45, 2.75) is 38.9 Å². The molecule has 0 aliphatic carbocycles. The summed E-state index contributed by atoms with van der Waals surface area (Å²) in [5, 5.41) is 36.7. The van der Waals surface area contributed by atoms with Crippen LogP contribution in [-0.2, 0) is 0 Å². The number of rotatable bonds is 8. The molecule has 0 aliphatic heterocycles. The maximum atomic E-state index is 9.49. The molecule has 0 rings (SSSR count). The lowest BCUT2D eigenvalue weighted by Gasteiger charge is -2.19. The van der Waals surface area contributed by atoms with E-state index >= 15 is 0 Å². The summed E-state index contributed by atoms with van der Waals surface area (Å²) in [6.07, 6.45) is 3.56. The Morgan fingerprint density at radius 2 is 1.12 bits per heavy atom. The number of hydrogen-bond donors (Lipinski definition) is 4. The van der Waals surface area contributed by atoms with Crippen LogP contribution >= 0.6 is 0 Å². The van der Waals surface area contributed by atoms with Gasteiger partial charge in [-0.2, -0.15) is 0 Å². The molecule has 4 unspecified atom stereocenters. The summed E-state index contributed by atoms with van der Waals surface area (Å²) >= 11 is 0. The van der Waals surface area contributed by atoms with Crippen molar-refractivity contribution < 1.29 is 20.4 Å². The zero-order valence-corrected chi connectivity index (χ0v) is 10.1. The topological polar surface area (TPSA) is 80.9 Å². The summed E-state index contributed by atoms with van der Waals surface area (Å²) < 4.78 is 0. The van der Waals surface area contributed by atoms with Crippen molar-refractivity contribution >= 4 is 0 Å². The van der Waals surface area contributed by atoms with E-state index in [0.717, 1.165) is 12.8 Å². The second kappa shape index (κ2) is 8.70. The van der Waals surface area contributed by atoms with Crippen LogP contribution in [-0.4, -0.2) is 45.8 Å². The molecule has 0 saturated heterocycles. The van der Waals surface area contributed by atoms with Crippen molar-refractivity contribution in [3.05, 3.63) is 12.2 Å². The minimum Gasteiger partial charge on any atom is -0.394 e. The predicted molar refractivity (Wildman–Crippen MR) is 62.9 cm³/mol. The smallest absolute Gasteiger partial charge is 0.0833 e. The molecule has 4 N–H and O–H groups in total. The van der Waals surface area contributed by atoms with Crippen LogP contribution in [0.15, 0.2) is 12.2 Å². The molecule has 16 heavy (non-hydrogen) atoms. The lowest BCUT2D eigenvalue weighted by molar-refractivity contribution is 0.0564. The largest absolute Gasteiger partial charge is 0.394 e. The molecule has 0 aromatic heterocycles. The van der Waals surface area contributed by atoms with E-state index in [0.29, 0.717) is 0 Å². The van der Waals surface area contributed by atoms with Gasteiger partial charge in [-0.3, -0.25) is 0 Å². The zero-order chi connectivity index (χ0) is 12.6. The van der Waals surface area contributed by atoms with Crippen LogP contribution in [0.25, 0.3) is 0 Å². The highest BCUT2D eigenvalue weighted by Gasteiger charge is 2.16. The van der Waals surface area contributed by atoms with Gasteiger partial charge < -0.3 is 20.4 Å². The summed E-state index contributed by atoms with van der Waals surface area (Å²) in [4.78, 5) is 0. The maximum absolute atomic E-state index is 9.49. The molecule has 0 aromatic carbocycles. The van der Waals surface area contributed by atoms with Crippen LogP contribution in [0.4, 0.5) is 0 Å². The lowest BCUT2D eigenvalue weighted by Crippen LogP contribution is -2.24. The molecule has 4 heteroatoms. The molecule has 0 aliphatic rings. The first-order valence-corrected chi connectivity index (χ1v) is 5.86. The fourth-order valence-corrected chi connectivity index (χ4v) is 1.63. The van der Waals surface area contributed by atoms with Crippen LogP contribution in [0, 0.1) is 11.8 Å². The molecule has 96 valence electrons.